The highest BCUT2D eigenvalue weighted by molar-refractivity contribution is 5.74. The predicted molar refractivity (Wildman–Crippen MR) is 123 cm³/mol. The van der Waals surface area contributed by atoms with Gasteiger partial charge in [-0.25, -0.2) is 0 Å². The summed E-state index contributed by atoms with van der Waals surface area (Å²) in [4.78, 5) is 0. The van der Waals surface area contributed by atoms with Crippen molar-refractivity contribution in [3.8, 4) is 11.1 Å². The third-order valence-corrected chi connectivity index (χ3v) is 4.69. The van der Waals surface area contributed by atoms with Crippen molar-refractivity contribution in [2.24, 2.45) is 0 Å². The highest BCUT2D eigenvalue weighted by Crippen LogP contribution is 2.20. The van der Waals surface area contributed by atoms with E-state index in [2.05, 4.69) is 121 Å². The fourth-order valence-corrected chi connectivity index (χ4v) is 3.08. The molecular weight excluding hydrogens is 336 g/mol. The second-order valence-electron chi connectivity index (χ2n) is 6.73. The molecule has 0 aliphatic heterocycles. The summed E-state index contributed by atoms with van der Waals surface area (Å²) in [6.07, 6.45) is 8.59. The first-order chi connectivity index (χ1) is 13.9. The molecule has 4 aromatic carbocycles. The molecule has 0 nitrogen and oxygen atoms in total. The van der Waals surface area contributed by atoms with E-state index in [1.165, 1.54) is 33.4 Å². The van der Waals surface area contributed by atoms with E-state index in [1.807, 2.05) is 12.1 Å². The molecule has 0 unspecified atom stereocenters. The lowest BCUT2D eigenvalue weighted by atomic mass is 10.0. The fraction of sp³-hybridized carbons (Fsp3) is 0. The molecule has 0 spiro atoms. The van der Waals surface area contributed by atoms with Gasteiger partial charge >= 0.3 is 0 Å². The smallest absolute Gasteiger partial charge is 0.0184 e. The van der Waals surface area contributed by atoms with Crippen LogP contribution in [0.2, 0.25) is 0 Å². The third-order valence-electron chi connectivity index (χ3n) is 4.69. The Hall–Kier alpha value is -3.64. The Bertz CT molecular complexity index is 1050. The maximum atomic E-state index is 2.17. The van der Waals surface area contributed by atoms with Gasteiger partial charge in [-0.15, -0.1) is 0 Å². The van der Waals surface area contributed by atoms with Crippen LogP contribution in [0.5, 0.6) is 0 Å². The van der Waals surface area contributed by atoms with E-state index >= 15 is 0 Å². The van der Waals surface area contributed by atoms with Gasteiger partial charge in [0.2, 0.25) is 0 Å². The highest BCUT2D eigenvalue weighted by atomic mass is 14.0. The molecule has 0 aliphatic carbocycles. The van der Waals surface area contributed by atoms with Gasteiger partial charge in [-0.1, -0.05) is 133 Å². The van der Waals surface area contributed by atoms with Gasteiger partial charge < -0.3 is 0 Å². The summed E-state index contributed by atoms with van der Waals surface area (Å²) in [5.74, 6) is 0. The molecule has 0 saturated carbocycles. The van der Waals surface area contributed by atoms with Crippen LogP contribution in [0, 0.1) is 0 Å². The zero-order chi connectivity index (χ0) is 19.0. The van der Waals surface area contributed by atoms with E-state index in [-0.39, 0.29) is 0 Å². The van der Waals surface area contributed by atoms with Gasteiger partial charge in [-0.05, 0) is 33.4 Å². The summed E-state index contributed by atoms with van der Waals surface area (Å²) in [6, 6.07) is 38.1. The van der Waals surface area contributed by atoms with Crippen LogP contribution in [-0.2, 0) is 0 Å². The van der Waals surface area contributed by atoms with Crippen LogP contribution >= 0.6 is 0 Å². The van der Waals surface area contributed by atoms with E-state index in [1.54, 1.807) is 0 Å². The molecular formula is C28H22. The molecule has 0 aliphatic rings. The molecule has 0 heteroatoms. The third kappa shape index (κ3) is 4.75. The average Bonchev–Trinajstić information content (AvgIpc) is 2.79. The Morgan fingerprint density at radius 2 is 0.607 bits per heavy atom. The summed E-state index contributed by atoms with van der Waals surface area (Å²) in [6.45, 7) is 0. The van der Waals surface area contributed by atoms with Crippen LogP contribution in [0.4, 0.5) is 0 Å². The van der Waals surface area contributed by atoms with Crippen molar-refractivity contribution in [2.75, 3.05) is 0 Å². The number of rotatable bonds is 5. The zero-order valence-electron chi connectivity index (χ0n) is 15.7. The monoisotopic (exact) mass is 358 g/mol. The molecule has 0 atom stereocenters. The molecule has 0 heterocycles. The molecule has 0 amide bonds. The minimum atomic E-state index is 1.20. The van der Waals surface area contributed by atoms with Crippen molar-refractivity contribution in [1.29, 1.82) is 0 Å². The first kappa shape index (κ1) is 17.8. The summed E-state index contributed by atoms with van der Waals surface area (Å²) in [5.41, 5.74) is 7.31. The molecule has 0 N–H and O–H groups in total. The van der Waals surface area contributed by atoms with Crippen molar-refractivity contribution in [1.82, 2.24) is 0 Å². The molecule has 134 valence electrons. The Balaban J connectivity index is 1.41. The minimum Gasteiger partial charge on any atom is -0.0622 e. The Kier molecular flexibility index (Phi) is 5.60. The Morgan fingerprint density at radius 3 is 1.07 bits per heavy atom. The van der Waals surface area contributed by atoms with E-state index in [4.69, 9.17) is 0 Å². The first-order valence-corrected chi connectivity index (χ1v) is 9.54. The standard InChI is InChI=1S/C28H22/c1-3-7-23(8-4-1)11-12-24-13-15-25(16-14-24)17-18-26-19-21-28(22-20-26)27-9-5-2-6-10-27/h1-22H. The van der Waals surface area contributed by atoms with Gasteiger partial charge in [0.05, 0.1) is 0 Å². The minimum absolute atomic E-state index is 1.20. The van der Waals surface area contributed by atoms with Crippen molar-refractivity contribution >= 4 is 24.3 Å². The van der Waals surface area contributed by atoms with E-state index in [0.717, 1.165) is 0 Å². The van der Waals surface area contributed by atoms with Gasteiger partial charge in [-0.3, -0.25) is 0 Å². The lowest BCUT2D eigenvalue weighted by Crippen LogP contribution is -1.78. The molecule has 0 radical (unpaired) electrons. The summed E-state index contributed by atoms with van der Waals surface area (Å²) >= 11 is 0. The van der Waals surface area contributed by atoms with Gasteiger partial charge in [-0.2, -0.15) is 0 Å². The number of benzene rings is 4. The summed E-state index contributed by atoms with van der Waals surface area (Å²) in [5, 5.41) is 0. The van der Waals surface area contributed by atoms with E-state index in [9.17, 15) is 0 Å². The van der Waals surface area contributed by atoms with E-state index < -0.39 is 0 Å². The second-order valence-corrected chi connectivity index (χ2v) is 6.73. The Labute approximate surface area is 167 Å². The van der Waals surface area contributed by atoms with Gasteiger partial charge in [0.25, 0.3) is 0 Å². The van der Waals surface area contributed by atoms with Crippen molar-refractivity contribution < 1.29 is 0 Å². The SMILES string of the molecule is C(=Cc1ccc(C=Cc2ccc(-c3ccccc3)cc2)cc1)c1ccccc1. The van der Waals surface area contributed by atoms with Crippen LogP contribution in [-0.4, -0.2) is 0 Å². The predicted octanol–water partition coefficient (Wildman–Crippen LogP) is 7.69. The zero-order valence-corrected chi connectivity index (χ0v) is 15.7. The largest absolute Gasteiger partial charge is 0.0622 e. The van der Waals surface area contributed by atoms with E-state index in [0.29, 0.717) is 0 Å². The molecule has 28 heavy (non-hydrogen) atoms. The van der Waals surface area contributed by atoms with Crippen molar-refractivity contribution in [3.63, 3.8) is 0 Å². The fourth-order valence-electron chi connectivity index (χ4n) is 3.08. The lowest BCUT2D eigenvalue weighted by Gasteiger charge is -2.02. The van der Waals surface area contributed by atoms with Crippen LogP contribution in [0.25, 0.3) is 35.4 Å². The first-order valence-electron chi connectivity index (χ1n) is 9.54. The van der Waals surface area contributed by atoms with Crippen LogP contribution in [0.1, 0.15) is 22.3 Å². The summed E-state index contributed by atoms with van der Waals surface area (Å²) < 4.78 is 0. The van der Waals surface area contributed by atoms with Gasteiger partial charge in [0.1, 0.15) is 0 Å². The number of hydrogen-bond acceptors (Lipinski definition) is 0. The second kappa shape index (κ2) is 8.83. The van der Waals surface area contributed by atoms with Crippen molar-refractivity contribution in [2.45, 2.75) is 0 Å². The average molecular weight is 358 g/mol. The topological polar surface area (TPSA) is 0 Å². The van der Waals surface area contributed by atoms with Crippen LogP contribution < -0.4 is 0 Å². The molecule has 4 rings (SSSR count). The highest BCUT2D eigenvalue weighted by Gasteiger charge is 1.96. The number of hydrogen-bond donors (Lipinski definition) is 0. The maximum Gasteiger partial charge on any atom is -0.0184 e. The molecule has 0 saturated heterocycles. The van der Waals surface area contributed by atoms with Crippen molar-refractivity contribution in [3.05, 3.63) is 131 Å². The normalized spacial score (nSPS) is 11.3. The Morgan fingerprint density at radius 1 is 0.286 bits per heavy atom. The molecule has 0 fully saturated rings. The molecule has 0 aromatic heterocycles. The van der Waals surface area contributed by atoms with Gasteiger partial charge in [0, 0.05) is 0 Å². The lowest BCUT2D eigenvalue weighted by molar-refractivity contribution is 1.60. The maximum absolute atomic E-state index is 2.17. The quantitative estimate of drug-likeness (QED) is 0.321. The van der Waals surface area contributed by atoms with Crippen LogP contribution in [0.15, 0.2) is 109 Å². The molecule has 0 bridgehead atoms. The molecule has 4 aromatic rings. The van der Waals surface area contributed by atoms with Crippen LogP contribution in [0.3, 0.4) is 0 Å². The van der Waals surface area contributed by atoms with Gasteiger partial charge in [0.15, 0.2) is 0 Å². The summed E-state index contributed by atoms with van der Waals surface area (Å²) in [7, 11) is 0.